The summed E-state index contributed by atoms with van der Waals surface area (Å²) in [6.45, 7) is 4.61. The average Bonchev–Trinajstić information content (AvgIpc) is 2.50. The fourth-order valence-corrected chi connectivity index (χ4v) is 2.61. The Morgan fingerprint density at radius 2 is 2.05 bits per heavy atom. The number of hydrogen-bond donors (Lipinski definition) is 1. The van der Waals surface area contributed by atoms with Crippen LogP contribution >= 0.6 is 0 Å². The van der Waals surface area contributed by atoms with E-state index in [0.29, 0.717) is 31.1 Å². The van der Waals surface area contributed by atoms with Gasteiger partial charge in [0.1, 0.15) is 5.82 Å². The second kappa shape index (κ2) is 7.41. The molecule has 0 unspecified atom stereocenters. The van der Waals surface area contributed by atoms with Crippen molar-refractivity contribution in [2.45, 2.75) is 26.2 Å². The number of halogens is 1. The number of carbonyl (C=O) groups is 1. The lowest BCUT2D eigenvalue weighted by Gasteiger charge is -2.35. The van der Waals surface area contributed by atoms with Gasteiger partial charge in [0.25, 0.3) is 0 Å². The van der Waals surface area contributed by atoms with Gasteiger partial charge in [-0.3, -0.25) is 4.90 Å². The molecule has 0 aromatic heterocycles. The van der Waals surface area contributed by atoms with E-state index in [1.807, 2.05) is 4.90 Å². The van der Waals surface area contributed by atoms with Crippen molar-refractivity contribution in [2.75, 3.05) is 31.1 Å². The molecule has 1 heterocycles. The molecule has 1 aromatic rings. The number of amides is 2. The summed E-state index contributed by atoms with van der Waals surface area (Å²) in [5.41, 5.74) is 5.89. The van der Waals surface area contributed by atoms with Gasteiger partial charge in [0, 0.05) is 19.6 Å². The second-order valence-electron chi connectivity index (χ2n) is 5.70. The third-order valence-corrected chi connectivity index (χ3v) is 4.01. The van der Waals surface area contributed by atoms with Gasteiger partial charge in [0.05, 0.1) is 5.69 Å². The molecule has 2 rings (SSSR count). The highest BCUT2D eigenvalue weighted by atomic mass is 19.1. The van der Waals surface area contributed by atoms with E-state index in [9.17, 15) is 9.18 Å². The van der Waals surface area contributed by atoms with Crippen molar-refractivity contribution < 1.29 is 9.18 Å². The third kappa shape index (κ3) is 3.94. The molecule has 2 amide bonds. The number of likely N-dealkylation sites (tertiary alicyclic amines) is 1. The molecule has 0 bridgehead atoms. The molecule has 0 saturated carbocycles. The molecular formula is C16H24FN3O. The van der Waals surface area contributed by atoms with Crippen LogP contribution in [0, 0.1) is 11.7 Å². The van der Waals surface area contributed by atoms with E-state index in [4.69, 9.17) is 5.73 Å². The zero-order chi connectivity index (χ0) is 15.2. The summed E-state index contributed by atoms with van der Waals surface area (Å²) in [4.78, 5) is 16.1. The first kappa shape index (κ1) is 15.8. The summed E-state index contributed by atoms with van der Waals surface area (Å²) < 4.78 is 14.0. The van der Waals surface area contributed by atoms with Crippen LogP contribution in [0.15, 0.2) is 24.3 Å². The van der Waals surface area contributed by atoms with Crippen LogP contribution in [-0.2, 0) is 0 Å². The van der Waals surface area contributed by atoms with E-state index >= 15 is 0 Å². The Hall–Kier alpha value is -1.62. The summed E-state index contributed by atoms with van der Waals surface area (Å²) >= 11 is 0. The molecule has 1 fully saturated rings. The minimum atomic E-state index is -0.367. The molecule has 0 spiro atoms. The summed E-state index contributed by atoms with van der Waals surface area (Å²) in [6, 6.07) is 6.31. The maximum Gasteiger partial charge on any atom is 0.324 e. The molecule has 0 atom stereocenters. The molecule has 21 heavy (non-hydrogen) atoms. The van der Waals surface area contributed by atoms with E-state index in [-0.39, 0.29) is 11.8 Å². The average molecular weight is 293 g/mol. The lowest BCUT2D eigenvalue weighted by atomic mass is 9.99. The highest BCUT2D eigenvalue weighted by Gasteiger charge is 2.26. The van der Waals surface area contributed by atoms with Crippen LogP contribution in [-0.4, -0.2) is 37.1 Å². The van der Waals surface area contributed by atoms with Crippen LogP contribution in [0.3, 0.4) is 0 Å². The molecule has 2 N–H and O–H groups in total. The van der Waals surface area contributed by atoms with Crippen LogP contribution in [0.4, 0.5) is 14.9 Å². The number of benzene rings is 1. The van der Waals surface area contributed by atoms with Gasteiger partial charge in [-0.15, -0.1) is 0 Å². The van der Waals surface area contributed by atoms with Crippen molar-refractivity contribution >= 4 is 11.7 Å². The highest BCUT2D eigenvalue weighted by molar-refractivity contribution is 5.92. The first-order valence-corrected chi connectivity index (χ1v) is 7.64. The molecule has 0 radical (unpaired) electrons. The minimum Gasteiger partial charge on any atom is -0.330 e. The smallest absolute Gasteiger partial charge is 0.324 e. The van der Waals surface area contributed by atoms with Crippen LogP contribution in [0.1, 0.15) is 26.2 Å². The zero-order valence-corrected chi connectivity index (χ0v) is 12.6. The van der Waals surface area contributed by atoms with Gasteiger partial charge >= 0.3 is 6.03 Å². The van der Waals surface area contributed by atoms with Gasteiger partial charge in [-0.25, -0.2) is 9.18 Å². The molecule has 1 aliphatic heterocycles. The Labute approximate surface area is 125 Å². The molecule has 116 valence electrons. The largest absolute Gasteiger partial charge is 0.330 e. The molecule has 1 aromatic carbocycles. The number of rotatable bonds is 4. The molecule has 0 aliphatic carbocycles. The van der Waals surface area contributed by atoms with Crippen LogP contribution in [0.25, 0.3) is 0 Å². The van der Waals surface area contributed by atoms with Gasteiger partial charge in [-0.1, -0.05) is 19.1 Å². The fraction of sp³-hybridized carbons (Fsp3) is 0.562. The van der Waals surface area contributed by atoms with Crippen molar-refractivity contribution in [3.8, 4) is 0 Å². The quantitative estimate of drug-likeness (QED) is 0.928. The normalized spacial score (nSPS) is 16.0. The van der Waals surface area contributed by atoms with E-state index in [1.54, 1.807) is 18.2 Å². The predicted molar refractivity (Wildman–Crippen MR) is 82.8 cm³/mol. The Balaban J connectivity index is 2.15. The van der Waals surface area contributed by atoms with Crippen LogP contribution < -0.4 is 10.6 Å². The van der Waals surface area contributed by atoms with Gasteiger partial charge < -0.3 is 10.6 Å². The summed E-state index contributed by atoms with van der Waals surface area (Å²) in [5, 5.41) is 0. The van der Waals surface area contributed by atoms with Crippen LogP contribution in [0.5, 0.6) is 0 Å². The van der Waals surface area contributed by atoms with Crippen molar-refractivity contribution in [1.82, 2.24) is 4.90 Å². The Morgan fingerprint density at radius 3 is 2.67 bits per heavy atom. The van der Waals surface area contributed by atoms with Gasteiger partial charge in [-0.05, 0) is 43.9 Å². The van der Waals surface area contributed by atoms with Gasteiger partial charge in [-0.2, -0.15) is 0 Å². The van der Waals surface area contributed by atoms with Crippen molar-refractivity contribution in [1.29, 1.82) is 0 Å². The maximum absolute atomic E-state index is 14.0. The third-order valence-electron chi connectivity index (χ3n) is 4.01. The lowest BCUT2D eigenvalue weighted by Crippen LogP contribution is -2.47. The summed E-state index contributed by atoms with van der Waals surface area (Å²) in [6.07, 6.45) is 2.67. The number of nitrogens with two attached hydrogens (primary N) is 1. The summed E-state index contributed by atoms with van der Waals surface area (Å²) in [7, 11) is 0. The monoisotopic (exact) mass is 293 g/mol. The van der Waals surface area contributed by atoms with Crippen molar-refractivity contribution in [3.63, 3.8) is 0 Å². The number of para-hydroxylation sites is 1. The minimum absolute atomic E-state index is 0.111. The molecule has 4 nitrogen and oxygen atoms in total. The van der Waals surface area contributed by atoms with E-state index in [0.717, 1.165) is 25.9 Å². The topological polar surface area (TPSA) is 49.6 Å². The molecular weight excluding hydrogens is 269 g/mol. The van der Waals surface area contributed by atoms with Gasteiger partial charge in [0.2, 0.25) is 0 Å². The first-order chi connectivity index (χ1) is 10.1. The van der Waals surface area contributed by atoms with Crippen molar-refractivity contribution in [3.05, 3.63) is 30.1 Å². The number of nitrogens with zero attached hydrogens (tertiary/aromatic N) is 2. The molecule has 1 saturated heterocycles. The zero-order valence-electron chi connectivity index (χ0n) is 12.6. The summed E-state index contributed by atoms with van der Waals surface area (Å²) in [5.74, 6) is 0.285. The Kier molecular flexibility index (Phi) is 5.56. The van der Waals surface area contributed by atoms with Gasteiger partial charge in [0.15, 0.2) is 0 Å². The number of hydrogen-bond acceptors (Lipinski definition) is 2. The Morgan fingerprint density at radius 1 is 1.38 bits per heavy atom. The fourth-order valence-electron chi connectivity index (χ4n) is 2.61. The van der Waals surface area contributed by atoms with Crippen molar-refractivity contribution in [2.24, 2.45) is 11.7 Å². The number of piperidine rings is 1. The predicted octanol–water partition coefficient (Wildman–Crippen LogP) is 2.83. The Bertz CT molecular complexity index is 472. The maximum atomic E-state index is 14.0. The standard InChI is InChI=1S/C16H24FN3O/c1-13-7-11-19(12-8-13)16(21)20(10-4-9-18)15-6-3-2-5-14(15)17/h2-3,5-6,13H,4,7-12,18H2,1H3. The van der Waals surface area contributed by atoms with E-state index in [2.05, 4.69) is 6.92 Å². The number of urea groups is 1. The highest BCUT2D eigenvalue weighted by Crippen LogP contribution is 2.23. The SMILES string of the molecule is CC1CCN(C(=O)N(CCCN)c2ccccc2F)CC1. The molecule has 5 heteroatoms. The first-order valence-electron chi connectivity index (χ1n) is 7.64. The second-order valence-corrected chi connectivity index (χ2v) is 5.70. The molecule has 1 aliphatic rings. The van der Waals surface area contributed by atoms with Crippen LogP contribution in [0.2, 0.25) is 0 Å². The number of carbonyl (C=O) groups excluding carboxylic acids is 1. The number of anilines is 1. The van der Waals surface area contributed by atoms with E-state index < -0.39 is 0 Å². The lowest BCUT2D eigenvalue weighted by molar-refractivity contribution is 0.180. The van der Waals surface area contributed by atoms with E-state index in [1.165, 1.54) is 11.0 Å².